The third-order valence-electron chi connectivity index (χ3n) is 3.43. The summed E-state index contributed by atoms with van der Waals surface area (Å²) >= 11 is 0. The molecule has 0 aliphatic rings. The Morgan fingerprint density at radius 2 is 1.70 bits per heavy atom. The van der Waals surface area contributed by atoms with Gasteiger partial charge in [0.25, 0.3) is 11.8 Å². The fourth-order valence-corrected chi connectivity index (χ4v) is 2.11. The molecule has 2 amide bonds. The molecule has 2 N–H and O–H groups in total. The van der Waals surface area contributed by atoms with Crippen LogP contribution in [0.4, 0.5) is 0 Å². The number of ketones is 1. The molecular formula is C20H27N3O4. The lowest BCUT2D eigenvalue weighted by Gasteiger charge is -2.24. The zero-order valence-electron chi connectivity index (χ0n) is 16.4. The van der Waals surface area contributed by atoms with Crippen LogP contribution in [0.3, 0.4) is 0 Å². The molecule has 1 aromatic carbocycles. The first-order valence-corrected chi connectivity index (χ1v) is 8.49. The number of rotatable bonds is 7. The normalized spacial score (nSPS) is 11.5. The number of nitrogens with zero attached hydrogens (tertiary/aromatic N) is 2. The molecule has 0 saturated carbocycles. The average Bonchev–Trinajstić information content (AvgIpc) is 2.68. The van der Waals surface area contributed by atoms with Crippen LogP contribution in [0.1, 0.15) is 43.6 Å². The van der Waals surface area contributed by atoms with Crippen molar-refractivity contribution in [3.8, 4) is 0 Å². The SMILES string of the molecule is C=C(N=C/C=C\C)c1ccc(C(=O)N(C)C(C(C)=O)C(=O)NO)cc1.CC. The van der Waals surface area contributed by atoms with E-state index in [4.69, 9.17) is 5.21 Å². The number of amides is 2. The topological polar surface area (TPSA) is 99.1 Å². The maximum absolute atomic E-state index is 12.5. The predicted molar refractivity (Wildman–Crippen MR) is 107 cm³/mol. The Hall–Kier alpha value is -3.06. The van der Waals surface area contributed by atoms with E-state index in [0.29, 0.717) is 5.70 Å². The van der Waals surface area contributed by atoms with E-state index in [-0.39, 0.29) is 5.56 Å². The summed E-state index contributed by atoms with van der Waals surface area (Å²) < 4.78 is 0. The molecule has 0 fully saturated rings. The second kappa shape index (κ2) is 12.3. The zero-order valence-corrected chi connectivity index (χ0v) is 16.4. The van der Waals surface area contributed by atoms with E-state index in [0.717, 1.165) is 10.5 Å². The molecule has 7 nitrogen and oxygen atoms in total. The minimum Gasteiger partial charge on any atom is -0.323 e. The van der Waals surface area contributed by atoms with Gasteiger partial charge in [0.1, 0.15) is 0 Å². The standard InChI is InChI=1S/C18H21N3O4.C2H6/c1-5-6-11-19-12(2)14-7-9-15(10-8-14)18(24)21(4)16(13(3)22)17(23)20-25;1-2/h5-11,16,25H,2H2,1,3-4H3,(H,20,23);1-2H3/b6-5-,19-11?;. The van der Waals surface area contributed by atoms with Crippen LogP contribution < -0.4 is 5.48 Å². The Bertz CT molecular complexity index is 721. The highest BCUT2D eigenvalue weighted by Gasteiger charge is 2.31. The van der Waals surface area contributed by atoms with Crippen molar-refractivity contribution in [2.24, 2.45) is 4.99 Å². The Kier molecular flexibility index (Phi) is 10.9. The van der Waals surface area contributed by atoms with Crippen molar-refractivity contribution in [1.29, 1.82) is 0 Å². The maximum atomic E-state index is 12.5. The molecule has 0 aliphatic carbocycles. The quantitative estimate of drug-likeness (QED) is 0.332. The van der Waals surface area contributed by atoms with Gasteiger partial charge in [-0.25, -0.2) is 5.48 Å². The van der Waals surface area contributed by atoms with Gasteiger partial charge in [-0.3, -0.25) is 24.6 Å². The summed E-state index contributed by atoms with van der Waals surface area (Å²) in [6.07, 6.45) is 5.22. The molecule has 146 valence electrons. The van der Waals surface area contributed by atoms with Gasteiger partial charge in [0.05, 0.1) is 5.70 Å². The summed E-state index contributed by atoms with van der Waals surface area (Å²) in [4.78, 5) is 40.8. The molecule has 27 heavy (non-hydrogen) atoms. The van der Waals surface area contributed by atoms with Gasteiger partial charge < -0.3 is 4.90 Å². The maximum Gasteiger partial charge on any atom is 0.273 e. The Balaban J connectivity index is 0.00000326. The molecule has 0 saturated heterocycles. The van der Waals surface area contributed by atoms with Gasteiger partial charge in [-0.15, -0.1) is 0 Å². The van der Waals surface area contributed by atoms with Gasteiger partial charge in [-0.1, -0.05) is 38.6 Å². The second-order valence-corrected chi connectivity index (χ2v) is 5.23. The molecule has 7 heteroatoms. The minimum atomic E-state index is -1.41. The molecule has 0 radical (unpaired) electrons. The molecular weight excluding hydrogens is 346 g/mol. The van der Waals surface area contributed by atoms with Gasteiger partial charge in [0.2, 0.25) is 0 Å². The Labute approximate surface area is 160 Å². The molecule has 0 aromatic heterocycles. The third-order valence-corrected chi connectivity index (χ3v) is 3.43. The van der Waals surface area contributed by atoms with Crippen LogP contribution in [0.2, 0.25) is 0 Å². The predicted octanol–water partition coefficient (Wildman–Crippen LogP) is 2.87. The number of aliphatic imine (C=N–C) groups is 1. The van der Waals surface area contributed by atoms with Crippen LogP contribution in [0.25, 0.3) is 5.70 Å². The van der Waals surface area contributed by atoms with Crippen molar-refractivity contribution in [2.45, 2.75) is 33.7 Å². The average molecular weight is 373 g/mol. The van der Waals surface area contributed by atoms with Crippen LogP contribution in [0.5, 0.6) is 0 Å². The van der Waals surface area contributed by atoms with E-state index in [1.54, 1.807) is 36.6 Å². The minimum absolute atomic E-state index is 0.286. The first-order valence-electron chi connectivity index (χ1n) is 8.49. The van der Waals surface area contributed by atoms with Gasteiger partial charge in [0, 0.05) is 18.8 Å². The van der Waals surface area contributed by atoms with Crippen molar-refractivity contribution in [3.63, 3.8) is 0 Å². The highest BCUT2D eigenvalue weighted by Crippen LogP contribution is 2.16. The number of carbonyl (C=O) groups excluding carboxylic acids is 3. The van der Waals surface area contributed by atoms with E-state index in [2.05, 4.69) is 11.6 Å². The van der Waals surface area contributed by atoms with Gasteiger partial charge in [-0.05, 0) is 37.6 Å². The molecule has 0 spiro atoms. The lowest BCUT2D eigenvalue weighted by Crippen LogP contribution is -2.50. The molecule has 1 rings (SSSR count). The van der Waals surface area contributed by atoms with E-state index >= 15 is 0 Å². The van der Waals surface area contributed by atoms with Crippen LogP contribution in [-0.2, 0) is 9.59 Å². The largest absolute Gasteiger partial charge is 0.323 e. The fourth-order valence-electron chi connectivity index (χ4n) is 2.11. The number of Topliss-reactive ketones (excluding diaryl/α,β-unsaturated/α-hetero) is 1. The Morgan fingerprint density at radius 1 is 1.19 bits per heavy atom. The van der Waals surface area contributed by atoms with Crippen LogP contribution in [0.15, 0.2) is 48.0 Å². The molecule has 0 heterocycles. The first kappa shape index (κ1) is 23.9. The number of benzene rings is 1. The first-order chi connectivity index (χ1) is 12.8. The van der Waals surface area contributed by atoms with Crippen LogP contribution >= 0.6 is 0 Å². The number of carbonyl (C=O) groups is 3. The van der Waals surface area contributed by atoms with Gasteiger partial charge >= 0.3 is 0 Å². The molecule has 1 aromatic rings. The number of allylic oxidation sites excluding steroid dienone is 2. The van der Waals surface area contributed by atoms with Crippen molar-refractivity contribution < 1.29 is 19.6 Å². The number of nitrogens with one attached hydrogen (secondary N) is 1. The van der Waals surface area contributed by atoms with E-state index < -0.39 is 23.6 Å². The molecule has 1 unspecified atom stereocenters. The molecule has 0 aliphatic heterocycles. The lowest BCUT2D eigenvalue weighted by atomic mass is 10.1. The van der Waals surface area contributed by atoms with Crippen LogP contribution in [0, 0.1) is 0 Å². The Morgan fingerprint density at radius 3 is 2.15 bits per heavy atom. The summed E-state index contributed by atoms with van der Waals surface area (Å²) in [6.45, 7) is 10.9. The zero-order chi connectivity index (χ0) is 21.0. The van der Waals surface area contributed by atoms with Crippen molar-refractivity contribution in [1.82, 2.24) is 10.4 Å². The number of likely N-dealkylation sites (N-methyl/N-ethyl adjacent to an activating group) is 1. The number of hydrogen-bond donors (Lipinski definition) is 2. The van der Waals surface area contributed by atoms with Gasteiger partial charge in [-0.2, -0.15) is 0 Å². The monoisotopic (exact) mass is 373 g/mol. The van der Waals surface area contributed by atoms with Crippen molar-refractivity contribution >= 4 is 29.5 Å². The van der Waals surface area contributed by atoms with E-state index in [9.17, 15) is 14.4 Å². The van der Waals surface area contributed by atoms with E-state index in [1.807, 2.05) is 26.8 Å². The lowest BCUT2D eigenvalue weighted by molar-refractivity contribution is -0.139. The van der Waals surface area contributed by atoms with E-state index in [1.165, 1.54) is 19.5 Å². The highest BCUT2D eigenvalue weighted by molar-refractivity contribution is 6.08. The highest BCUT2D eigenvalue weighted by atomic mass is 16.5. The van der Waals surface area contributed by atoms with Crippen molar-refractivity contribution in [3.05, 3.63) is 54.1 Å². The summed E-state index contributed by atoms with van der Waals surface area (Å²) in [5, 5.41) is 8.72. The smallest absolute Gasteiger partial charge is 0.273 e. The third kappa shape index (κ3) is 6.99. The molecule has 0 bridgehead atoms. The fraction of sp³-hybridized carbons (Fsp3) is 0.300. The number of hydroxylamine groups is 1. The summed E-state index contributed by atoms with van der Waals surface area (Å²) in [5.41, 5.74) is 2.95. The van der Waals surface area contributed by atoms with Gasteiger partial charge in [0.15, 0.2) is 11.8 Å². The second-order valence-electron chi connectivity index (χ2n) is 5.23. The van der Waals surface area contributed by atoms with Crippen molar-refractivity contribution in [2.75, 3.05) is 7.05 Å². The van der Waals surface area contributed by atoms with Crippen LogP contribution in [-0.4, -0.2) is 47.0 Å². The molecule has 1 atom stereocenters. The number of hydrogen-bond acceptors (Lipinski definition) is 5. The summed E-state index contributed by atoms with van der Waals surface area (Å²) in [5.74, 6) is -2.06. The summed E-state index contributed by atoms with van der Waals surface area (Å²) in [7, 11) is 1.32. The summed E-state index contributed by atoms with van der Waals surface area (Å²) in [6, 6.07) is 5.05.